The van der Waals surface area contributed by atoms with E-state index in [-0.39, 0.29) is 25.6 Å². The number of nitrogens with zero attached hydrogens (tertiary/aromatic N) is 2. The van der Waals surface area contributed by atoms with Crippen molar-refractivity contribution in [2.75, 3.05) is 43.7 Å². The van der Waals surface area contributed by atoms with E-state index in [4.69, 9.17) is 8.37 Å². The fourth-order valence-corrected chi connectivity index (χ4v) is 4.55. The molecule has 8 nitrogen and oxygen atoms in total. The number of fused-ring (bicyclic) bond motifs is 1. The Labute approximate surface area is 226 Å². The Morgan fingerprint density at radius 3 is 1.97 bits per heavy atom. The highest BCUT2D eigenvalue weighted by molar-refractivity contribution is 7.86. The van der Waals surface area contributed by atoms with Crippen LogP contribution in [-0.2, 0) is 28.6 Å². The van der Waals surface area contributed by atoms with Crippen LogP contribution in [0.4, 0.5) is 11.4 Å². The van der Waals surface area contributed by atoms with Gasteiger partial charge in [0.05, 0.1) is 31.4 Å². The minimum atomic E-state index is -3.50. The molecule has 0 bridgehead atoms. The van der Waals surface area contributed by atoms with Gasteiger partial charge in [0.15, 0.2) is 0 Å². The van der Waals surface area contributed by atoms with Crippen LogP contribution in [0.1, 0.15) is 24.0 Å². The molecule has 3 aromatic rings. The van der Waals surface area contributed by atoms with Crippen LogP contribution in [0.15, 0.2) is 65.7 Å². The maximum Gasteiger partial charge on any atom is 0.264 e. The summed E-state index contributed by atoms with van der Waals surface area (Å²) in [5, 5.41) is 2.30. The quantitative estimate of drug-likeness (QED) is 0.165. The molecular formula is C26H33ClN2O6S2. The van der Waals surface area contributed by atoms with Crippen molar-refractivity contribution < 1.29 is 25.2 Å². The van der Waals surface area contributed by atoms with Gasteiger partial charge >= 0.3 is 0 Å². The van der Waals surface area contributed by atoms with Gasteiger partial charge in [0.25, 0.3) is 20.2 Å². The van der Waals surface area contributed by atoms with Crippen molar-refractivity contribution in [2.24, 2.45) is 4.99 Å². The van der Waals surface area contributed by atoms with Crippen molar-refractivity contribution in [1.82, 2.24) is 0 Å². The van der Waals surface area contributed by atoms with Crippen molar-refractivity contribution in [3.8, 4) is 0 Å². The highest BCUT2D eigenvalue weighted by Gasteiger charge is 2.11. The summed E-state index contributed by atoms with van der Waals surface area (Å²) >= 11 is 0. The van der Waals surface area contributed by atoms with Gasteiger partial charge in [-0.1, -0.05) is 36.4 Å². The molecule has 0 aliphatic carbocycles. The van der Waals surface area contributed by atoms with E-state index < -0.39 is 20.2 Å². The number of rotatable bonds is 13. The number of benzene rings is 3. The molecule has 0 heterocycles. The van der Waals surface area contributed by atoms with Crippen LogP contribution in [0, 0.1) is 6.92 Å². The van der Waals surface area contributed by atoms with Crippen LogP contribution in [0.5, 0.6) is 0 Å². The van der Waals surface area contributed by atoms with Gasteiger partial charge in [-0.3, -0.25) is 13.4 Å². The number of halogens is 1. The third kappa shape index (κ3) is 10.8. The maximum atomic E-state index is 11.2. The first kappa shape index (κ1) is 30.7. The lowest BCUT2D eigenvalue weighted by atomic mass is 10.1. The number of hydrogen-bond acceptors (Lipinski definition) is 8. The summed E-state index contributed by atoms with van der Waals surface area (Å²) in [6.07, 6.45) is 4.87. The topological polar surface area (TPSA) is 102 Å². The van der Waals surface area contributed by atoms with Crippen LogP contribution in [0.25, 0.3) is 10.8 Å². The Hall–Kier alpha value is -2.50. The first-order chi connectivity index (χ1) is 17.0. The Bertz CT molecular complexity index is 1390. The van der Waals surface area contributed by atoms with Crippen molar-refractivity contribution in [1.29, 1.82) is 0 Å². The van der Waals surface area contributed by atoms with Gasteiger partial charge in [0, 0.05) is 25.0 Å². The zero-order valence-corrected chi connectivity index (χ0v) is 23.6. The smallest absolute Gasteiger partial charge is 0.264 e. The van der Waals surface area contributed by atoms with E-state index in [1.165, 1.54) is 5.39 Å². The number of hydrogen-bond donors (Lipinski definition) is 0. The third-order valence-corrected chi connectivity index (χ3v) is 6.63. The molecule has 0 saturated carbocycles. The molecule has 0 N–H and O–H groups in total. The van der Waals surface area contributed by atoms with E-state index in [9.17, 15) is 16.8 Å². The standard InChI is InChI=1S/C26H32N2O6S2.ClH/c1-21-18-26(28(14-6-16-33-35(2,29)30)15-7-17-34-36(3,31)32)13-11-24(21)20-27-25-12-10-22-8-4-5-9-23(22)19-25;/h4-5,8-13,18-20H,6-7,14-17H2,1-3H3;1H. The van der Waals surface area contributed by atoms with E-state index in [0.717, 1.165) is 40.4 Å². The van der Waals surface area contributed by atoms with Gasteiger partial charge in [-0.2, -0.15) is 16.8 Å². The molecule has 0 aliphatic rings. The average molecular weight is 569 g/mol. The van der Waals surface area contributed by atoms with Gasteiger partial charge in [-0.25, -0.2) is 0 Å². The van der Waals surface area contributed by atoms with Crippen molar-refractivity contribution >= 4 is 61.0 Å². The summed E-state index contributed by atoms with van der Waals surface area (Å²) in [7, 11) is -7.00. The zero-order chi connectivity index (χ0) is 26.2. The molecule has 0 radical (unpaired) electrons. The normalized spacial score (nSPS) is 12.1. The maximum absolute atomic E-state index is 11.2. The second kappa shape index (κ2) is 13.9. The monoisotopic (exact) mass is 568 g/mol. The molecule has 0 saturated heterocycles. The van der Waals surface area contributed by atoms with E-state index in [0.29, 0.717) is 25.9 Å². The third-order valence-electron chi connectivity index (χ3n) is 5.44. The molecule has 3 aromatic carbocycles. The average Bonchev–Trinajstić information content (AvgIpc) is 2.81. The molecule has 3 rings (SSSR count). The largest absolute Gasteiger partial charge is 0.371 e. The molecule has 0 aliphatic heterocycles. The summed E-state index contributed by atoms with van der Waals surface area (Å²) in [6.45, 7) is 3.23. The van der Waals surface area contributed by atoms with Crippen molar-refractivity contribution in [3.05, 3.63) is 71.8 Å². The van der Waals surface area contributed by atoms with E-state index in [1.807, 2.05) is 49.5 Å². The zero-order valence-electron chi connectivity index (χ0n) is 21.2. The fraction of sp³-hybridized carbons (Fsp3) is 0.346. The minimum Gasteiger partial charge on any atom is -0.371 e. The first-order valence-corrected chi connectivity index (χ1v) is 15.2. The SMILES string of the molecule is Cc1cc(N(CCCOS(C)(=O)=O)CCCOS(C)(=O)=O)ccc1C=Nc1ccc2ccccc2c1.Cl. The summed E-state index contributed by atoms with van der Waals surface area (Å²) in [6, 6.07) is 20.2. The lowest BCUT2D eigenvalue weighted by Gasteiger charge is -2.25. The summed E-state index contributed by atoms with van der Waals surface area (Å²) in [5.74, 6) is 0. The second-order valence-electron chi connectivity index (χ2n) is 8.58. The molecule has 0 unspecified atom stereocenters. The Morgan fingerprint density at radius 2 is 1.41 bits per heavy atom. The van der Waals surface area contributed by atoms with Crippen molar-refractivity contribution in [2.45, 2.75) is 19.8 Å². The summed E-state index contributed by atoms with van der Waals surface area (Å²) in [5.41, 5.74) is 3.82. The minimum absolute atomic E-state index is 0. The first-order valence-electron chi connectivity index (χ1n) is 11.6. The fourth-order valence-electron chi connectivity index (χ4n) is 3.70. The molecule has 0 fully saturated rings. The second-order valence-corrected chi connectivity index (χ2v) is 11.9. The molecule has 0 amide bonds. The molecular weight excluding hydrogens is 536 g/mol. The predicted octanol–water partition coefficient (Wildman–Crippen LogP) is 4.86. The summed E-state index contributed by atoms with van der Waals surface area (Å²) in [4.78, 5) is 6.71. The van der Waals surface area contributed by atoms with Crippen LogP contribution in [0.2, 0.25) is 0 Å². The lowest BCUT2D eigenvalue weighted by Crippen LogP contribution is -2.28. The van der Waals surface area contributed by atoms with E-state index >= 15 is 0 Å². The Balaban J connectivity index is 0.00000481. The van der Waals surface area contributed by atoms with Crippen LogP contribution in [0.3, 0.4) is 0 Å². The molecule has 202 valence electrons. The Kier molecular flexibility index (Phi) is 11.5. The predicted molar refractivity (Wildman–Crippen MR) is 153 cm³/mol. The van der Waals surface area contributed by atoms with E-state index in [1.54, 1.807) is 0 Å². The van der Waals surface area contributed by atoms with Crippen LogP contribution < -0.4 is 4.90 Å². The molecule has 11 heteroatoms. The molecule has 37 heavy (non-hydrogen) atoms. The van der Waals surface area contributed by atoms with Gasteiger partial charge in [-0.15, -0.1) is 12.4 Å². The summed E-state index contributed by atoms with van der Waals surface area (Å²) < 4.78 is 54.7. The van der Waals surface area contributed by atoms with Gasteiger partial charge in [0.1, 0.15) is 0 Å². The molecule has 0 atom stereocenters. The lowest BCUT2D eigenvalue weighted by molar-refractivity contribution is 0.310. The number of aryl methyl sites for hydroxylation is 1. The molecule has 0 aromatic heterocycles. The van der Waals surface area contributed by atoms with Gasteiger partial charge in [-0.05, 0) is 65.9 Å². The molecule has 0 spiro atoms. The Morgan fingerprint density at radius 1 is 0.811 bits per heavy atom. The number of anilines is 1. The van der Waals surface area contributed by atoms with Crippen molar-refractivity contribution in [3.63, 3.8) is 0 Å². The van der Waals surface area contributed by atoms with Crippen LogP contribution >= 0.6 is 12.4 Å². The number of aliphatic imine (C=N–C) groups is 1. The van der Waals surface area contributed by atoms with Crippen LogP contribution in [-0.4, -0.2) is 61.9 Å². The van der Waals surface area contributed by atoms with Gasteiger partial charge in [0.2, 0.25) is 0 Å². The van der Waals surface area contributed by atoms with E-state index in [2.05, 4.69) is 34.2 Å². The van der Waals surface area contributed by atoms with Gasteiger partial charge < -0.3 is 4.90 Å². The highest BCUT2D eigenvalue weighted by Crippen LogP contribution is 2.23. The highest BCUT2D eigenvalue weighted by atomic mass is 35.5.